The van der Waals surface area contributed by atoms with Crippen LogP contribution in [0, 0.1) is 23.7 Å². The van der Waals surface area contributed by atoms with Crippen molar-refractivity contribution in [3.8, 4) is 17.7 Å². The minimum Gasteiger partial charge on any atom is -0.472 e. The molecule has 0 saturated heterocycles. The number of hydrogen-bond acceptors (Lipinski definition) is 6. The largest absolute Gasteiger partial charge is 0.472 e. The number of amides is 1. The summed E-state index contributed by atoms with van der Waals surface area (Å²) in [6.45, 7) is 3.95. The van der Waals surface area contributed by atoms with Gasteiger partial charge in [0, 0.05) is 37.2 Å². The van der Waals surface area contributed by atoms with Gasteiger partial charge in [-0.2, -0.15) is 0 Å². The predicted octanol–water partition coefficient (Wildman–Crippen LogP) is 2.12. The Morgan fingerprint density at radius 1 is 1.33 bits per heavy atom. The van der Waals surface area contributed by atoms with Crippen LogP contribution in [0.2, 0.25) is 0 Å². The molecule has 1 aromatic rings. The van der Waals surface area contributed by atoms with E-state index in [0.29, 0.717) is 18.0 Å². The summed E-state index contributed by atoms with van der Waals surface area (Å²) < 4.78 is 31.3. The minimum atomic E-state index is -3.40. The first-order chi connectivity index (χ1) is 15.6. The van der Waals surface area contributed by atoms with Gasteiger partial charge in [0.15, 0.2) is 0 Å². The molecule has 182 valence electrons. The zero-order valence-electron chi connectivity index (χ0n) is 20.0. The molecule has 2 heterocycles. The maximum Gasteiger partial charge on any atom is 0.259 e. The van der Waals surface area contributed by atoms with Crippen LogP contribution in [-0.2, 0) is 10.0 Å². The number of nitrogens with zero attached hydrogens (tertiary/aromatic N) is 3. The second kappa shape index (κ2) is 10.9. The van der Waals surface area contributed by atoms with Gasteiger partial charge in [0.05, 0.1) is 25.4 Å². The molecule has 1 amide bonds. The highest BCUT2D eigenvalue weighted by Gasteiger charge is 2.35. The molecule has 3 rings (SSSR count). The Morgan fingerprint density at radius 2 is 2.03 bits per heavy atom. The van der Waals surface area contributed by atoms with E-state index >= 15 is 0 Å². The first-order valence-corrected chi connectivity index (χ1v) is 13.5. The van der Waals surface area contributed by atoms with Crippen LogP contribution in [-0.4, -0.2) is 78.8 Å². The van der Waals surface area contributed by atoms with Crippen LogP contribution in [0.3, 0.4) is 0 Å². The minimum absolute atomic E-state index is 0.125. The average molecular weight is 478 g/mol. The number of carbonyl (C=O) groups is 1. The SMILES string of the molecule is C[C@H]1CN([C@@H](C)CO)C(=O)c2cc(C#CC3CCCCC3)cnc2O[C@@H]1CN(C)S(C)(=O)=O. The van der Waals surface area contributed by atoms with Gasteiger partial charge in [0.1, 0.15) is 11.7 Å². The topological polar surface area (TPSA) is 100 Å². The summed E-state index contributed by atoms with van der Waals surface area (Å²) in [4.78, 5) is 19.4. The van der Waals surface area contributed by atoms with Crippen molar-refractivity contribution in [3.63, 3.8) is 0 Å². The number of carbonyl (C=O) groups excluding carboxylic acids is 1. The number of rotatable bonds is 5. The van der Waals surface area contributed by atoms with Gasteiger partial charge in [-0.15, -0.1) is 0 Å². The molecule has 1 fully saturated rings. The Morgan fingerprint density at radius 3 is 2.67 bits per heavy atom. The summed E-state index contributed by atoms with van der Waals surface area (Å²) in [5.41, 5.74) is 0.927. The number of aromatic nitrogens is 1. The molecule has 2 aliphatic rings. The summed E-state index contributed by atoms with van der Waals surface area (Å²) in [5, 5.41) is 9.75. The van der Waals surface area contributed by atoms with E-state index in [4.69, 9.17) is 4.74 Å². The highest BCUT2D eigenvalue weighted by atomic mass is 32.2. The maximum atomic E-state index is 13.4. The molecular weight excluding hydrogens is 442 g/mol. The van der Waals surface area contributed by atoms with Crippen LogP contribution in [0.4, 0.5) is 0 Å². The smallest absolute Gasteiger partial charge is 0.259 e. The molecule has 0 bridgehead atoms. The monoisotopic (exact) mass is 477 g/mol. The van der Waals surface area contributed by atoms with E-state index in [0.717, 1.165) is 19.1 Å². The van der Waals surface area contributed by atoms with Gasteiger partial charge in [-0.05, 0) is 25.8 Å². The molecule has 0 unspecified atom stereocenters. The van der Waals surface area contributed by atoms with Gasteiger partial charge in [0.25, 0.3) is 5.91 Å². The number of pyridine rings is 1. The summed E-state index contributed by atoms with van der Waals surface area (Å²) in [6, 6.07) is 1.29. The lowest BCUT2D eigenvalue weighted by Crippen LogP contribution is -2.50. The Kier molecular flexibility index (Phi) is 8.38. The zero-order valence-corrected chi connectivity index (χ0v) is 20.8. The highest BCUT2D eigenvalue weighted by molar-refractivity contribution is 7.88. The molecular formula is C24H35N3O5S. The average Bonchev–Trinajstić information content (AvgIpc) is 2.79. The van der Waals surface area contributed by atoms with Crippen LogP contribution < -0.4 is 4.74 Å². The molecule has 3 atom stereocenters. The molecule has 0 aromatic carbocycles. The Balaban J connectivity index is 1.96. The third-order valence-electron chi connectivity index (χ3n) is 6.55. The van der Waals surface area contributed by atoms with Crippen LogP contribution in [0.1, 0.15) is 61.9 Å². The molecule has 1 aliphatic carbocycles. The van der Waals surface area contributed by atoms with Gasteiger partial charge < -0.3 is 14.7 Å². The van der Waals surface area contributed by atoms with E-state index in [1.165, 1.54) is 30.6 Å². The van der Waals surface area contributed by atoms with Crippen LogP contribution in [0.5, 0.6) is 5.88 Å². The van der Waals surface area contributed by atoms with E-state index in [2.05, 4.69) is 16.8 Å². The number of hydrogen-bond donors (Lipinski definition) is 1. The standard InChI is InChI=1S/C24H35N3O5S/c1-17-14-27(18(2)16-28)24(29)21-12-20(11-10-19-8-6-5-7-9-19)13-25-23(21)32-22(17)15-26(3)33(4,30)31/h12-13,17-19,22,28H,5-9,14-16H2,1-4H3/t17-,18-,22+/m0/s1. The summed E-state index contributed by atoms with van der Waals surface area (Å²) in [7, 11) is -1.90. The van der Waals surface area contributed by atoms with Crippen molar-refractivity contribution in [1.29, 1.82) is 0 Å². The quantitative estimate of drug-likeness (QED) is 0.652. The van der Waals surface area contributed by atoms with Crippen molar-refractivity contribution in [2.75, 3.05) is 33.0 Å². The summed E-state index contributed by atoms with van der Waals surface area (Å²) >= 11 is 0. The van der Waals surface area contributed by atoms with Crippen molar-refractivity contribution in [3.05, 3.63) is 23.4 Å². The van der Waals surface area contributed by atoms with Gasteiger partial charge in [-0.25, -0.2) is 17.7 Å². The lowest BCUT2D eigenvalue weighted by atomic mass is 9.90. The van der Waals surface area contributed by atoms with Gasteiger partial charge in [-0.1, -0.05) is 38.0 Å². The fourth-order valence-electron chi connectivity index (χ4n) is 4.21. The number of ether oxygens (including phenoxy) is 1. The molecule has 33 heavy (non-hydrogen) atoms. The Bertz CT molecular complexity index is 1010. The van der Waals surface area contributed by atoms with E-state index in [-0.39, 0.29) is 36.4 Å². The Hall–Kier alpha value is -2.15. The highest BCUT2D eigenvalue weighted by Crippen LogP contribution is 2.28. The maximum absolute atomic E-state index is 13.4. The van der Waals surface area contributed by atoms with Crippen LogP contribution >= 0.6 is 0 Å². The van der Waals surface area contributed by atoms with Crippen molar-refractivity contribution >= 4 is 15.9 Å². The third-order valence-corrected chi connectivity index (χ3v) is 7.83. The molecule has 8 nitrogen and oxygen atoms in total. The molecule has 1 aliphatic heterocycles. The van der Waals surface area contributed by atoms with Crippen molar-refractivity contribution in [2.45, 2.75) is 58.1 Å². The second-order valence-electron chi connectivity index (χ2n) is 9.35. The van der Waals surface area contributed by atoms with E-state index in [1.54, 1.807) is 24.1 Å². The molecule has 1 saturated carbocycles. The van der Waals surface area contributed by atoms with Crippen molar-refractivity contribution in [2.24, 2.45) is 11.8 Å². The van der Waals surface area contributed by atoms with Gasteiger partial charge in [-0.3, -0.25) is 4.79 Å². The first kappa shape index (κ1) is 25.5. The molecule has 1 N–H and O–H groups in total. The van der Waals surface area contributed by atoms with Gasteiger partial charge >= 0.3 is 0 Å². The summed E-state index contributed by atoms with van der Waals surface area (Å²) in [6.07, 6.45) is 8.09. The number of likely N-dealkylation sites (N-methyl/N-ethyl adjacent to an activating group) is 1. The zero-order chi connectivity index (χ0) is 24.2. The number of aliphatic hydroxyl groups is 1. The van der Waals surface area contributed by atoms with Crippen molar-refractivity contribution in [1.82, 2.24) is 14.2 Å². The first-order valence-electron chi connectivity index (χ1n) is 11.6. The van der Waals surface area contributed by atoms with E-state index in [1.807, 2.05) is 6.92 Å². The summed E-state index contributed by atoms with van der Waals surface area (Å²) in [5.74, 6) is 6.57. The molecule has 0 radical (unpaired) electrons. The second-order valence-corrected chi connectivity index (χ2v) is 11.4. The van der Waals surface area contributed by atoms with Crippen LogP contribution in [0.25, 0.3) is 0 Å². The van der Waals surface area contributed by atoms with Gasteiger partial charge in [0.2, 0.25) is 15.9 Å². The Labute approximate surface area is 197 Å². The number of fused-ring (bicyclic) bond motifs is 1. The lowest BCUT2D eigenvalue weighted by Gasteiger charge is -2.37. The van der Waals surface area contributed by atoms with E-state index in [9.17, 15) is 18.3 Å². The lowest BCUT2D eigenvalue weighted by molar-refractivity contribution is 0.0373. The fraction of sp³-hybridized carbons (Fsp3) is 0.667. The van der Waals surface area contributed by atoms with Crippen molar-refractivity contribution < 1.29 is 23.1 Å². The van der Waals surface area contributed by atoms with Crippen LogP contribution in [0.15, 0.2) is 12.3 Å². The third kappa shape index (κ3) is 6.46. The molecule has 0 spiro atoms. The fourth-order valence-corrected chi connectivity index (χ4v) is 4.63. The normalized spacial score (nSPS) is 23.1. The molecule has 9 heteroatoms. The number of sulfonamides is 1. The van der Waals surface area contributed by atoms with E-state index < -0.39 is 22.2 Å². The molecule has 1 aromatic heterocycles. The number of aliphatic hydroxyl groups excluding tert-OH is 1. The predicted molar refractivity (Wildman–Crippen MR) is 126 cm³/mol.